The van der Waals surface area contributed by atoms with Gasteiger partial charge in [0.25, 0.3) is 0 Å². The van der Waals surface area contributed by atoms with Crippen LogP contribution in [0, 0.1) is 0 Å². The predicted octanol–water partition coefficient (Wildman–Crippen LogP) is 2.13. The third kappa shape index (κ3) is 10.7. The summed E-state index contributed by atoms with van der Waals surface area (Å²) in [6, 6.07) is 0. The summed E-state index contributed by atoms with van der Waals surface area (Å²) in [7, 11) is 1.55. The number of thioether (sulfide) groups is 1. The van der Waals surface area contributed by atoms with Crippen molar-refractivity contribution in [1.82, 2.24) is 10.9 Å². The SMILES string of the molecule is C=C/C=C\SC/C(C)=C/C(=N\C(N)=NC)NNC(=O)CCC. The second-order valence-corrected chi connectivity index (χ2v) is 5.26. The van der Waals surface area contributed by atoms with Crippen LogP contribution in [0.2, 0.25) is 0 Å². The van der Waals surface area contributed by atoms with E-state index < -0.39 is 0 Å². The predicted molar refractivity (Wildman–Crippen MR) is 96.7 cm³/mol. The molecule has 1 amide bonds. The average molecular weight is 323 g/mol. The molecule has 0 heterocycles. The monoisotopic (exact) mass is 323 g/mol. The topological polar surface area (TPSA) is 91.9 Å². The van der Waals surface area contributed by atoms with Crippen molar-refractivity contribution in [2.45, 2.75) is 26.7 Å². The first-order chi connectivity index (χ1) is 10.5. The molecule has 0 bridgehead atoms. The molecule has 0 spiro atoms. The van der Waals surface area contributed by atoms with Crippen LogP contribution in [0.3, 0.4) is 0 Å². The van der Waals surface area contributed by atoms with Crippen LogP contribution in [-0.2, 0) is 4.79 Å². The van der Waals surface area contributed by atoms with Crippen LogP contribution in [0.5, 0.6) is 0 Å². The van der Waals surface area contributed by atoms with Crippen LogP contribution < -0.4 is 16.6 Å². The zero-order valence-corrected chi connectivity index (χ0v) is 14.2. The van der Waals surface area contributed by atoms with E-state index in [1.54, 1.807) is 24.9 Å². The van der Waals surface area contributed by atoms with Crippen LogP contribution in [0.15, 0.2) is 45.8 Å². The van der Waals surface area contributed by atoms with Gasteiger partial charge in [-0.2, -0.15) is 4.99 Å². The summed E-state index contributed by atoms with van der Waals surface area (Å²) in [6.45, 7) is 7.52. The molecule has 7 heteroatoms. The number of hydrazine groups is 1. The first kappa shape index (κ1) is 20.0. The molecule has 0 fully saturated rings. The smallest absolute Gasteiger partial charge is 0.238 e. The molecule has 22 heavy (non-hydrogen) atoms. The molecule has 0 aromatic rings. The van der Waals surface area contributed by atoms with Crippen molar-refractivity contribution in [2.24, 2.45) is 15.7 Å². The molecule has 0 saturated heterocycles. The van der Waals surface area contributed by atoms with Gasteiger partial charge in [0.1, 0.15) is 5.84 Å². The number of rotatable bonds is 7. The van der Waals surface area contributed by atoms with Crippen molar-refractivity contribution < 1.29 is 4.79 Å². The maximum Gasteiger partial charge on any atom is 0.238 e. The van der Waals surface area contributed by atoms with Crippen molar-refractivity contribution in [2.75, 3.05) is 12.8 Å². The largest absolute Gasteiger partial charge is 0.368 e. The first-order valence-electron chi connectivity index (χ1n) is 6.95. The lowest BCUT2D eigenvalue weighted by Crippen LogP contribution is -2.41. The van der Waals surface area contributed by atoms with Gasteiger partial charge in [-0.25, -0.2) is 0 Å². The molecule has 0 rings (SSSR count). The van der Waals surface area contributed by atoms with Crippen LogP contribution in [-0.4, -0.2) is 30.5 Å². The molecule has 4 N–H and O–H groups in total. The summed E-state index contributed by atoms with van der Waals surface area (Å²) in [6.07, 6.45) is 6.64. The summed E-state index contributed by atoms with van der Waals surface area (Å²) in [5.41, 5.74) is 12.0. The van der Waals surface area contributed by atoms with E-state index in [9.17, 15) is 4.79 Å². The molecule has 0 aliphatic carbocycles. The second-order valence-electron chi connectivity index (χ2n) is 4.37. The molecule has 0 saturated carbocycles. The minimum absolute atomic E-state index is 0.100. The number of aliphatic imine (C=N–C) groups is 2. The quantitative estimate of drug-likeness (QED) is 0.290. The Bertz CT molecular complexity index is 480. The van der Waals surface area contributed by atoms with E-state index in [0.29, 0.717) is 12.3 Å². The summed E-state index contributed by atoms with van der Waals surface area (Å²) in [5.74, 6) is 1.27. The van der Waals surface area contributed by atoms with Gasteiger partial charge in [0.05, 0.1) is 0 Å². The Morgan fingerprint density at radius 1 is 1.41 bits per heavy atom. The molecule has 0 aromatic heterocycles. The molecule has 0 radical (unpaired) electrons. The second kappa shape index (κ2) is 12.7. The normalized spacial score (nSPS) is 13.3. The number of amidine groups is 1. The highest BCUT2D eigenvalue weighted by molar-refractivity contribution is 8.02. The van der Waals surface area contributed by atoms with Crippen molar-refractivity contribution >= 4 is 29.5 Å². The number of hydrogen-bond acceptors (Lipinski definition) is 3. The Labute approximate surface area is 136 Å². The van der Waals surface area contributed by atoms with Crippen molar-refractivity contribution in [3.63, 3.8) is 0 Å². The molecule has 0 unspecified atom stereocenters. The molecule has 0 atom stereocenters. The van der Waals surface area contributed by atoms with E-state index in [0.717, 1.165) is 17.7 Å². The van der Waals surface area contributed by atoms with E-state index in [1.807, 2.05) is 31.4 Å². The highest BCUT2D eigenvalue weighted by Crippen LogP contribution is 2.08. The average Bonchev–Trinajstić information content (AvgIpc) is 2.49. The maximum absolute atomic E-state index is 11.5. The summed E-state index contributed by atoms with van der Waals surface area (Å²) in [5, 5.41) is 1.96. The fourth-order valence-corrected chi connectivity index (χ4v) is 1.92. The fraction of sp³-hybridized carbons (Fsp3) is 0.400. The van der Waals surface area contributed by atoms with Crippen LogP contribution in [0.1, 0.15) is 26.7 Å². The van der Waals surface area contributed by atoms with E-state index in [1.165, 1.54) is 0 Å². The Hall–Kier alpha value is -2.02. The number of guanidine groups is 1. The van der Waals surface area contributed by atoms with E-state index in [-0.39, 0.29) is 11.9 Å². The number of allylic oxidation sites excluding steroid dienone is 2. The lowest BCUT2D eigenvalue weighted by molar-refractivity contribution is -0.121. The number of carbonyl (C=O) groups excluding carboxylic acids is 1. The Balaban J connectivity index is 4.78. The van der Waals surface area contributed by atoms with Gasteiger partial charge in [0.15, 0.2) is 0 Å². The summed E-state index contributed by atoms with van der Waals surface area (Å²) in [4.78, 5) is 19.4. The molecule has 6 nitrogen and oxygen atoms in total. The number of nitrogens with zero attached hydrogens (tertiary/aromatic N) is 2. The van der Waals surface area contributed by atoms with E-state index in [4.69, 9.17) is 5.73 Å². The Morgan fingerprint density at radius 2 is 2.14 bits per heavy atom. The minimum atomic E-state index is -0.100. The number of hydrogen-bond donors (Lipinski definition) is 3. The van der Waals surface area contributed by atoms with Crippen molar-refractivity contribution in [3.8, 4) is 0 Å². The van der Waals surface area contributed by atoms with E-state index >= 15 is 0 Å². The third-order valence-electron chi connectivity index (χ3n) is 2.28. The van der Waals surface area contributed by atoms with Crippen LogP contribution in [0.4, 0.5) is 0 Å². The molecular formula is C15H25N5OS. The number of nitrogens with one attached hydrogen (secondary N) is 2. The minimum Gasteiger partial charge on any atom is -0.368 e. The Morgan fingerprint density at radius 3 is 2.73 bits per heavy atom. The number of amides is 1. The van der Waals surface area contributed by atoms with Crippen molar-refractivity contribution in [1.29, 1.82) is 0 Å². The molecule has 0 aliphatic rings. The zero-order chi connectivity index (χ0) is 16.8. The van der Waals surface area contributed by atoms with Gasteiger partial charge in [-0.15, -0.1) is 11.8 Å². The standard InChI is InChI=1S/C15H25N5OS/c1-5-7-9-22-11-12(3)10-13(18-15(16)17-4)19-20-14(21)8-6-2/h5,7,9-10H,1,6,8,11H2,2-4H3,(H,20,21)(H3,16,17,18,19)/b9-7-,12-10+. The zero-order valence-electron chi connectivity index (χ0n) is 13.4. The first-order valence-corrected chi connectivity index (χ1v) is 8.00. The van der Waals surface area contributed by atoms with Gasteiger partial charge in [0, 0.05) is 19.2 Å². The lowest BCUT2D eigenvalue weighted by atomic mass is 10.3. The number of carbonyl (C=O) groups is 1. The van der Waals surface area contributed by atoms with Gasteiger partial charge >= 0.3 is 0 Å². The number of nitrogens with two attached hydrogens (primary N) is 1. The molecule has 0 aliphatic heterocycles. The summed E-state index contributed by atoms with van der Waals surface area (Å²) >= 11 is 1.63. The van der Waals surface area contributed by atoms with Gasteiger partial charge in [0.2, 0.25) is 11.9 Å². The van der Waals surface area contributed by atoms with Gasteiger partial charge in [-0.05, 0) is 24.8 Å². The summed E-state index contributed by atoms with van der Waals surface area (Å²) < 4.78 is 0. The fourth-order valence-electron chi connectivity index (χ4n) is 1.26. The lowest BCUT2D eigenvalue weighted by Gasteiger charge is -2.09. The Kier molecular flexibility index (Phi) is 11.5. The van der Waals surface area contributed by atoms with Gasteiger partial charge < -0.3 is 5.73 Å². The van der Waals surface area contributed by atoms with Crippen molar-refractivity contribution in [3.05, 3.63) is 35.8 Å². The van der Waals surface area contributed by atoms with Gasteiger partial charge in [-0.3, -0.25) is 20.6 Å². The third-order valence-corrected chi connectivity index (χ3v) is 3.25. The van der Waals surface area contributed by atoms with Crippen LogP contribution in [0.25, 0.3) is 0 Å². The highest BCUT2D eigenvalue weighted by Gasteiger charge is 2.02. The molecule has 0 aromatic carbocycles. The van der Waals surface area contributed by atoms with Crippen LogP contribution >= 0.6 is 11.8 Å². The molecular weight excluding hydrogens is 298 g/mol. The molecule has 122 valence electrons. The maximum atomic E-state index is 11.5. The van der Waals surface area contributed by atoms with E-state index in [2.05, 4.69) is 27.4 Å². The highest BCUT2D eigenvalue weighted by atomic mass is 32.2. The van der Waals surface area contributed by atoms with Gasteiger partial charge in [-0.1, -0.05) is 31.2 Å².